The third-order valence-electron chi connectivity index (χ3n) is 0.707. The van der Waals surface area contributed by atoms with Gasteiger partial charge in [0.15, 0.2) is 0 Å². The highest BCUT2D eigenvalue weighted by atomic mass is 79.9. The SMILES string of the molecule is CCCCC.[Br][AlH][Br]. The van der Waals surface area contributed by atoms with Crippen LogP contribution >= 0.6 is 28.1 Å². The van der Waals surface area contributed by atoms with E-state index < -0.39 is 0 Å². The molecule has 0 saturated heterocycles. The Kier molecular flexibility index (Phi) is 24.1. The van der Waals surface area contributed by atoms with E-state index in [9.17, 15) is 0 Å². The van der Waals surface area contributed by atoms with Crippen LogP contribution in [0.5, 0.6) is 0 Å². The number of hydrogen-bond donors (Lipinski definition) is 0. The largest absolute Gasteiger partial charge is 0.435 e. The van der Waals surface area contributed by atoms with Gasteiger partial charge >= 0.3 is 11.6 Å². The number of rotatable bonds is 2. The molecule has 0 nitrogen and oxygen atoms in total. The standard InChI is InChI=1S/C5H12.Al.2BrH.H/c1-3-5-4-2;;;;/h3-5H2,1-2H3;;2*1H;/q;+2;;;/p-2. The lowest BCUT2D eigenvalue weighted by Gasteiger charge is -1.79. The van der Waals surface area contributed by atoms with Crippen LogP contribution in [0.2, 0.25) is 0 Å². The van der Waals surface area contributed by atoms with E-state index in [1.54, 1.807) is 0 Å². The first kappa shape index (κ1) is 12.2. The minimum atomic E-state index is 0.0417. The molecule has 0 radical (unpaired) electrons. The van der Waals surface area contributed by atoms with Crippen molar-refractivity contribution in [2.75, 3.05) is 0 Å². The molecule has 0 aromatic heterocycles. The summed E-state index contributed by atoms with van der Waals surface area (Å²) < 4.78 is 0. The first-order valence-electron chi connectivity index (χ1n) is 2.95. The van der Waals surface area contributed by atoms with Gasteiger partial charge in [0.2, 0.25) is 0 Å². The molecule has 0 saturated carbocycles. The van der Waals surface area contributed by atoms with Crippen LogP contribution in [0.3, 0.4) is 0 Å². The summed E-state index contributed by atoms with van der Waals surface area (Å²) in [6.07, 6.45) is 4.08. The maximum absolute atomic E-state index is 3.20. The molecule has 50 valence electrons. The Morgan fingerprint density at radius 1 is 1.12 bits per heavy atom. The lowest BCUT2D eigenvalue weighted by molar-refractivity contribution is 0.772. The molecule has 0 heterocycles. The molecule has 0 aliphatic heterocycles. The average Bonchev–Trinajstić information content (AvgIpc) is 1.71. The zero-order valence-electron chi connectivity index (χ0n) is 5.58. The van der Waals surface area contributed by atoms with Crippen LogP contribution in [0.1, 0.15) is 33.1 Å². The third-order valence-corrected chi connectivity index (χ3v) is 0.707. The van der Waals surface area contributed by atoms with E-state index in [-0.39, 0.29) is 11.6 Å². The second-order valence-electron chi connectivity index (χ2n) is 1.45. The van der Waals surface area contributed by atoms with Crippen LogP contribution in [0.4, 0.5) is 0 Å². The van der Waals surface area contributed by atoms with Gasteiger partial charge in [-0.2, -0.15) is 0 Å². The summed E-state index contributed by atoms with van der Waals surface area (Å²) in [5, 5.41) is 0. The molecule has 0 spiro atoms. The minimum Gasteiger partial charge on any atom is -0.203 e. The quantitative estimate of drug-likeness (QED) is 0.668. The molecule has 0 rings (SSSR count). The van der Waals surface area contributed by atoms with Crippen LogP contribution < -0.4 is 0 Å². The van der Waals surface area contributed by atoms with Crippen LogP contribution in [0.25, 0.3) is 0 Å². The molecular formula is C5H13AlBr2. The molecule has 0 aromatic carbocycles. The lowest BCUT2D eigenvalue weighted by atomic mass is 10.3. The Morgan fingerprint density at radius 2 is 1.38 bits per heavy atom. The van der Waals surface area contributed by atoms with Crippen LogP contribution in [0.15, 0.2) is 0 Å². The minimum absolute atomic E-state index is 0.0417. The summed E-state index contributed by atoms with van der Waals surface area (Å²) >= 11 is 6.44. The molecule has 0 aromatic rings. The van der Waals surface area contributed by atoms with E-state index in [0.29, 0.717) is 0 Å². The summed E-state index contributed by atoms with van der Waals surface area (Å²) in [6, 6.07) is 0. The molecule has 0 N–H and O–H groups in total. The predicted molar refractivity (Wildman–Crippen MR) is 50.2 cm³/mol. The van der Waals surface area contributed by atoms with Gasteiger partial charge in [-0.15, -0.1) is 0 Å². The molecule has 0 aliphatic rings. The van der Waals surface area contributed by atoms with Gasteiger partial charge in [0.05, 0.1) is 0 Å². The summed E-state index contributed by atoms with van der Waals surface area (Å²) in [5.74, 6) is 0. The molecule has 8 heavy (non-hydrogen) atoms. The maximum Gasteiger partial charge on any atom is 0.435 e. The van der Waals surface area contributed by atoms with Gasteiger partial charge in [-0.3, -0.25) is 0 Å². The molecule has 3 heteroatoms. The molecule has 0 unspecified atom stereocenters. The fourth-order valence-corrected chi connectivity index (χ4v) is 0.354. The Balaban J connectivity index is 0. The van der Waals surface area contributed by atoms with Gasteiger partial charge < -0.3 is 0 Å². The summed E-state index contributed by atoms with van der Waals surface area (Å²) in [6.45, 7) is 4.42. The molecule has 0 bridgehead atoms. The topological polar surface area (TPSA) is 0 Å². The second kappa shape index (κ2) is 15.8. The van der Waals surface area contributed by atoms with Gasteiger partial charge in [-0.05, 0) is 0 Å². The first-order valence-corrected chi connectivity index (χ1v) is 10.7. The Bertz CT molecular complexity index is 24.4. The van der Waals surface area contributed by atoms with Crippen molar-refractivity contribution in [3.63, 3.8) is 0 Å². The van der Waals surface area contributed by atoms with E-state index in [2.05, 4.69) is 42.0 Å². The Morgan fingerprint density at radius 3 is 1.38 bits per heavy atom. The fraction of sp³-hybridized carbons (Fsp3) is 1.00. The second-order valence-corrected chi connectivity index (χ2v) is 9.54. The van der Waals surface area contributed by atoms with Crippen molar-refractivity contribution in [2.45, 2.75) is 33.1 Å². The van der Waals surface area contributed by atoms with Crippen LogP contribution in [-0.4, -0.2) is 11.6 Å². The monoisotopic (exact) mass is 258 g/mol. The average molecular weight is 260 g/mol. The van der Waals surface area contributed by atoms with Crippen molar-refractivity contribution in [2.24, 2.45) is 0 Å². The van der Waals surface area contributed by atoms with Gasteiger partial charge in [0.1, 0.15) is 0 Å². The van der Waals surface area contributed by atoms with E-state index >= 15 is 0 Å². The van der Waals surface area contributed by atoms with E-state index in [1.165, 1.54) is 19.3 Å². The maximum atomic E-state index is 3.20. The highest BCUT2D eigenvalue weighted by molar-refractivity contribution is 9.47. The predicted octanol–water partition coefficient (Wildman–Crippen LogP) is 3.24. The molecule has 0 fully saturated rings. The van der Waals surface area contributed by atoms with E-state index in [1.807, 2.05) is 0 Å². The van der Waals surface area contributed by atoms with E-state index in [0.717, 1.165) is 0 Å². The Labute approximate surface area is 72.4 Å². The highest BCUT2D eigenvalue weighted by Gasteiger charge is 1.68. The zero-order valence-corrected chi connectivity index (χ0v) is 10.2. The number of halogens is 2. The van der Waals surface area contributed by atoms with Gasteiger partial charge in [-0.1, -0.05) is 33.1 Å². The van der Waals surface area contributed by atoms with E-state index in [4.69, 9.17) is 0 Å². The van der Waals surface area contributed by atoms with Gasteiger partial charge in [0, 0.05) is 0 Å². The Hall–Kier alpha value is 1.49. The van der Waals surface area contributed by atoms with Crippen LogP contribution in [0, 0.1) is 0 Å². The van der Waals surface area contributed by atoms with Crippen molar-refractivity contribution in [3.05, 3.63) is 0 Å². The first-order chi connectivity index (χ1) is 3.83. The smallest absolute Gasteiger partial charge is 0.203 e. The summed E-state index contributed by atoms with van der Waals surface area (Å²) in [5.41, 5.74) is 0. The summed E-state index contributed by atoms with van der Waals surface area (Å²) in [4.78, 5) is 0. The van der Waals surface area contributed by atoms with Crippen molar-refractivity contribution < 1.29 is 0 Å². The molecular weight excluding hydrogens is 247 g/mol. The molecule has 0 aliphatic carbocycles. The molecule has 0 amide bonds. The van der Waals surface area contributed by atoms with Crippen LogP contribution in [-0.2, 0) is 0 Å². The van der Waals surface area contributed by atoms with Crippen molar-refractivity contribution in [1.29, 1.82) is 0 Å². The normalized spacial score (nSPS) is 7.00. The fourth-order valence-electron chi connectivity index (χ4n) is 0.354. The summed E-state index contributed by atoms with van der Waals surface area (Å²) in [7, 11) is 0. The van der Waals surface area contributed by atoms with Crippen molar-refractivity contribution in [1.82, 2.24) is 0 Å². The van der Waals surface area contributed by atoms with Crippen molar-refractivity contribution in [3.8, 4) is 0 Å². The van der Waals surface area contributed by atoms with Crippen molar-refractivity contribution >= 4 is 39.7 Å². The highest BCUT2D eigenvalue weighted by Crippen LogP contribution is 1.88. The third kappa shape index (κ3) is 25.9. The zero-order chi connectivity index (χ0) is 6.83. The van der Waals surface area contributed by atoms with Gasteiger partial charge in [-0.25, -0.2) is 28.1 Å². The van der Waals surface area contributed by atoms with Gasteiger partial charge in [0.25, 0.3) is 0 Å². The number of unbranched alkanes of at least 4 members (excludes halogenated alkanes) is 2. The number of hydrogen-bond acceptors (Lipinski definition) is 0. The molecule has 0 atom stereocenters. The lowest BCUT2D eigenvalue weighted by Crippen LogP contribution is -1.59.